The van der Waals surface area contributed by atoms with Crippen molar-refractivity contribution in [2.24, 2.45) is 0 Å². The number of hydrogen-bond acceptors (Lipinski definition) is 4. The molecule has 0 aliphatic heterocycles. The molecule has 162 valence electrons. The normalized spacial score (nSPS) is 11.1. The first-order valence-electron chi connectivity index (χ1n) is 10.3. The topological polar surface area (TPSA) is 76.7 Å². The van der Waals surface area contributed by atoms with Crippen LogP contribution >= 0.6 is 0 Å². The number of ether oxygens (including phenoxy) is 2. The molecule has 0 unspecified atom stereocenters. The maximum Gasteiger partial charge on any atom is 0.262 e. The van der Waals surface area contributed by atoms with E-state index in [9.17, 15) is 9.59 Å². The standard InChI is InChI=1S/C24H32N2O4/c1-5-24(2,3)19-9-13-21(14-10-19)30-17-22(27)26-20-11-7-18(8-12-20)23(28)25-15-6-16-29-4/h7-14H,5-6,15-17H2,1-4H3,(H,25,28)(H,26,27). The van der Waals surface area contributed by atoms with E-state index in [2.05, 4.69) is 31.4 Å². The van der Waals surface area contributed by atoms with E-state index in [-0.39, 0.29) is 23.8 Å². The molecule has 30 heavy (non-hydrogen) atoms. The molecule has 2 amide bonds. The van der Waals surface area contributed by atoms with Gasteiger partial charge in [-0.15, -0.1) is 0 Å². The monoisotopic (exact) mass is 412 g/mol. The number of methoxy groups -OCH3 is 1. The Morgan fingerprint density at radius 2 is 1.67 bits per heavy atom. The summed E-state index contributed by atoms with van der Waals surface area (Å²) in [7, 11) is 1.63. The quantitative estimate of drug-likeness (QED) is 0.544. The maximum atomic E-state index is 12.2. The molecule has 0 aromatic heterocycles. The predicted octanol–water partition coefficient (Wildman–Crippen LogP) is 4.16. The average molecular weight is 413 g/mol. The van der Waals surface area contributed by atoms with Gasteiger partial charge in [-0.1, -0.05) is 32.9 Å². The van der Waals surface area contributed by atoms with Crippen molar-refractivity contribution in [1.29, 1.82) is 0 Å². The van der Waals surface area contributed by atoms with Crippen molar-refractivity contribution in [3.8, 4) is 5.75 Å². The van der Waals surface area contributed by atoms with Crippen LogP contribution in [0.2, 0.25) is 0 Å². The van der Waals surface area contributed by atoms with Gasteiger partial charge >= 0.3 is 0 Å². The number of rotatable bonds is 11. The minimum Gasteiger partial charge on any atom is -0.484 e. The van der Waals surface area contributed by atoms with Gasteiger partial charge in [-0.05, 0) is 60.2 Å². The maximum absolute atomic E-state index is 12.2. The van der Waals surface area contributed by atoms with Gasteiger partial charge in [0.25, 0.3) is 11.8 Å². The summed E-state index contributed by atoms with van der Waals surface area (Å²) in [4.78, 5) is 24.2. The van der Waals surface area contributed by atoms with Crippen LogP contribution in [0.15, 0.2) is 48.5 Å². The van der Waals surface area contributed by atoms with Crippen molar-refractivity contribution in [1.82, 2.24) is 5.32 Å². The van der Waals surface area contributed by atoms with Gasteiger partial charge in [0.2, 0.25) is 0 Å². The zero-order valence-electron chi connectivity index (χ0n) is 18.3. The zero-order chi connectivity index (χ0) is 22.0. The van der Waals surface area contributed by atoms with Crippen LogP contribution < -0.4 is 15.4 Å². The fraction of sp³-hybridized carbons (Fsp3) is 0.417. The Kier molecular flexibility index (Phi) is 8.87. The predicted molar refractivity (Wildman–Crippen MR) is 119 cm³/mol. The van der Waals surface area contributed by atoms with E-state index in [0.29, 0.717) is 30.2 Å². The van der Waals surface area contributed by atoms with Crippen LogP contribution in [0, 0.1) is 0 Å². The Hall–Kier alpha value is -2.86. The van der Waals surface area contributed by atoms with Crippen molar-refractivity contribution < 1.29 is 19.1 Å². The highest BCUT2D eigenvalue weighted by Crippen LogP contribution is 2.28. The number of carbonyl (C=O) groups is 2. The Balaban J connectivity index is 1.80. The third-order valence-corrected chi connectivity index (χ3v) is 5.13. The highest BCUT2D eigenvalue weighted by molar-refractivity contribution is 5.96. The number of amides is 2. The van der Waals surface area contributed by atoms with E-state index in [1.165, 1.54) is 5.56 Å². The molecule has 2 aromatic carbocycles. The molecule has 0 aliphatic rings. The first-order valence-corrected chi connectivity index (χ1v) is 10.3. The van der Waals surface area contributed by atoms with Gasteiger partial charge in [0.1, 0.15) is 5.75 Å². The minimum absolute atomic E-state index is 0.0851. The molecular weight excluding hydrogens is 380 g/mol. The third kappa shape index (κ3) is 7.19. The smallest absolute Gasteiger partial charge is 0.262 e. The summed E-state index contributed by atoms with van der Waals surface area (Å²) in [6, 6.07) is 14.6. The van der Waals surface area contributed by atoms with Crippen LogP contribution in [0.25, 0.3) is 0 Å². The second-order valence-corrected chi connectivity index (χ2v) is 7.78. The molecule has 0 fully saturated rings. The summed E-state index contributed by atoms with van der Waals surface area (Å²) in [6.07, 6.45) is 1.80. The molecule has 0 spiro atoms. The van der Waals surface area contributed by atoms with Gasteiger partial charge < -0.3 is 20.1 Å². The Morgan fingerprint density at radius 1 is 1.00 bits per heavy atom. The number of benzene rings is 2. The van der Waals surface area contributed by atoms with Crippen LogP contribution in [0.3, 0.4) is 0 Å². The Bertz CT molecular complexity index is 814. The largest absolute Gasteiger partial charge is 0.484 e. The van der Waals surface area contributed by atoms with E-state index in [4.69, 9.17) is 9.47 Å². The molecule has 6 heteroatoms. The van der Waals surface area contributed by atoms with Crippen LogP contribution in [-0.4, -0.2) is 38.7 Å². The number of nitrogens with one attached hydrogen (secondary N) is 2. The van der Waals surface area contributed by atoms with Gasteiger partial charge in [-0.3, -0.25) is 9.59 Å². The molecule has 6 nitrogen and oxygen atoms in total. The molecular formula is C24H32N2O4. The zero-order valence-corrected chi connectivity index (χ0v) is 18.3. The number of hydrogen-bond donors (Lipinski definition) is 2. The summed E-state index contributed by atoms with van der Waals surface area (Å²) in [6.45, 7) is 7.64. The van der Waals surface area contributed by atoms with Crippen molar-refractivity contribution in [2.45, 2.75) is 39.0 Å². The van der Waals surface area contributed by atoms with Gasteiger partial charge in [-0.25, -0.2) is 0 Å². The van der Waals surface area contributed by atoms with Crippen LogP contribution in [0.5, 0.6) is 5.75 Å². The minimum atomic E-state index is -0.260. The third-order valence-electron chi connectivity index (χ3n) is 5.13. The highest BCUT2D eigenvalue weighted by atomic mass is 16.5. The SMILES string of the molecule is CCC(C)(C)c1ccc(OCC(=O)Nc2ccc(C(=O)NCCCOC)cc2)cc1. The second kappa shape index (κ2) is 11.4. The van der Waals surface area contributed by atoms with E-state index < -0.39 is 0 Å². The Morgan fingerprint density at radius 3 is 2.27 bits per heavy atom. The molecule has 0 radical (unpaired) electrons. The summed E-state index contributed by atoms with van der Waals surface area (Å²) in [5.74, 6) is 0.244. The lowest BCUT2D eigenvalue weighted by atomic mass is 9.82. The van der Waals surface area contributed by atoms with Gasteiger partial charge in [0.15, 0.2) is 6.61 Å². The van der Waals surface area contributed by atoms with Crippen molar-refractivity contribution in [3.63, 3.8) is 0 Å². The molecule has 2 aromatic rings. The lowest BCUT2D eigenvalue weighted by Gasteiger charge is -2.23. The van der Waals surface area contributed by atoms with Crippen LogP contribution in [-0.2, 0) is 14.9 Å². The van der Waals surface area contributed by atoms with Crippen LogP contribution in [0.4, 0.5) is 5.69 Å². The summed E-state index contributed by atoms with van der Waals surface area (Å²) < 4.78 is 10.5. The van der Waals surface area contributed by atoms with E-state index in [1.807, 2.05) is 24.3 Å². The van der Waals surface area contributed by atoms with Crippen molar-refractivity contribution >= 4 is 17.5 Å². The van der Waals surface area contributed by atoms with Crippen molar-refractivity contribution in [3.05, 3.63) is 59.7 Å². The number of carbonyl (C=O) groups excluding carboxylic acids is 2. The van der Waals surface area contributed by atoms with Crippen LogP contribution in [0.1, 0.15) is 49.5 Å². The highest BCUT2D eigenvalue weighted by Gasteiger charge is 2.17. The molecule has 2 N–H and O–H groups in total. The first-order chi connectivity index (χ1) is 14.4. The van der Waals surface area contributed by atoms with E-state index in [0.717, 1.165) is 12.8 Å². The van der Waals surface area contributed by atoms with E-state index in [1.54, 1.807) is 31.4 Å². The fourth-order valence-electron chi connectivity index (χ4n) is 2.78. The first kappa shape index (κ1) is 23.4. The van der Waals surface area contributed by atoms with E-state index >= 15 is 0 Å². The van der Waals surface area contributed by atoms with Crippen molar-refractivity contribution in [2.75, 3.05) is 32.2 Å². The lowest BCUT2D eigenvalue weighted by Crippen LogP contribution is -2.25. The summed E-state index contributed by atoms with van der Waals surface area (Å²) >= 11 is 0. The molecule has 0 heterocycles. The molecule has 0 bridgehead atoms. The lowest BCUT2D eigenvalue weighted by molar-refractivity contribution is -0.118. The molecule has 0 atom stereocenters. The Labute approximate surface area is 179 Å². The number of anilines is 1. The van der Waals surface area contributed by atoms with Gasteiger partial charge in [-0.2, -0.15) is 0 Å². The molecule has 0 aliphatic carbocycles. The fourth-order valence-corrected chi connectivity index (χ4v) is 2.78. The summed E-state index contributed by atoms with van der Waals surface area (Å²) in [5, 5.41) is 5.59. The molecule has 0 saturated heterocycles. The average Bonchev–Trinajstić information content (AvgIpc) is 2.76. The second-order valence-electron chi connectivity index (χ2n) is 7.78. The van der Waals surface area contributed by atoms with Gasteiger partial charge in [0, 0.05) is 31.5 Å². The molecule has 2 rings (SSSR count). The summed E-state index contributed by atoms with van der Waals surface area (Å²) in [5.41, 5.74) is 2.50. The van der Waals surface area contributed by atoms with Gasteiger partial charge in [0.05, 0.1) is 0 Å². The molecule has 0 saturated carbocycles.